The molecular weight excluding hydrogens is 288 g/mol. The third-order valence-electron chi connectivity index (χ3n) is 7.75. The number of carbonyl (C=O) groups excluding carboxylic acids is 1. The van der Waals surface area contributed by atoms with Gasteiger partial charge in [0.15, 0.2) is 5.78 Å². The molecule has 0 radical (unpaired) electrons. The summed E-state index contributed by atoms with van der Waals surface area (Å²) in [6.45, 7) is 10.2. The van der Waals surface area contributed by atoms with Crippen molar-refractivity contribution in [2.45, 2.75) is 58.2 Å². The molecule has 3 saturated carbocycles. The van der Waals surface area contributed by atoms with Crippen LogP contribution in [0.4, 0.5) is 0 Å². The standard InChI is InChI=1S/C20H28O3/c1-10-5-6-13-16(15-12(10)7-8-19(15,3)23)20(13,4)17-14(21)9-11(2)18(17)22/h9,12-17,21,23H,1,5-8H2,2-4H3/t12-,13+,14+,15+,16+,17-,19-,20-/m0/s1. The van der Waals surface area contributed by atoms with Gasteiger partial charge in [0, 0.05) is 0 Å². The van der Waals surface area contributed by atoms with Crippen LogP contribution in [0.5, 0.6) is 0 Å². The quantitative estimate of drug-likeness (QED) is 0.731. The van der Waals surface area contributed by atoms with Crippen LogP contribution in [0.2, 0.25) is 0 Å². The number of rotatable bonds is 1. The number of carbonyl (C=O) groups is 1. The Kier molecular flexibility index (Phi) is 3.10. The maximum Gasteiger partial charge on any atom is 0.164 e. The molecule has 0 aromatic carbocycles. The lowest BCUT2D eigenvalue weighted by Crippen LogP contribution is -2.38. The number of aliphatic hydroxyl groups excluding tert-OH is 1. The van der Waals surface area contributed by atoms with Crippen LogP contribution in [0.25, 0.3) is 0 Å². The number of hydrogen-bond acceptors (Lipinski definition) is 3. The topological polar surface area (TPSA) is 57.5 Å². The van der Waals surface area contributed by atoms with E-state index in [4.69, 9.17) is 0 Å². The lowest BCUT2D eigenvalue weighted by atomic mass is 9.73. The SMILES string of the molecule is C=C1CC[C@@H]2[C@H]([C@H]3[C@H]1CC[C@]3(C)O)[C@@]2(C)[C@@H]1C(=O)C(C)=C[C@H]1O. The van der Waals surface area contributed by atoms with Gasteiger partial charge in [-0.05, 0) is 80.3 Å². The molecule has 0 heterocycles. The highest BCUT2D eigenvalue weighted by Crippen LogP contribution is 2.75. The minimum Gasteiger partial charge on any atom is -0.390 e. The van der Waals surface area contributed by atoms with E-state index in [0.717, 1.165) is 25.7 Å². The van der Waals surface area contributed by atoms with Gasteiger partial charge < -0.3 is 10.2 Å². The Morgan fingerprint density at radius 1 is 1.26 bits per heavy atom. The van der Waals surface area contributed by atoms with E-state index in [0.29, 0.717) is 23.3 Å². The van der Waals surface area contributed by atoms with Gasteiger partial charge in [0.1, 0.15) is 0 Å². The van der Waals surface area contributed by atoms with E-state index in [1.54, 1.807) is 6.08 Å². The van der Waals surface area contributed by atoms with Crippen molar-refractivity contribution in [2.75, 3.05) is 0 Å². The summed E-state index contributed by atoms with van der Waals surface area (Å²) >= 11 is 0. The summed E-state index contributed by atoms with van der Waals surface area (Å²) in [5.74, 6) is 1.11. The predicted octanol–water partition coefficient (Wildman–Crippen LogP) is 2.87. The summed E-state index contributed by atoms with van der Waals surface area (Å²) in [7, 11) is 0. The second-order valence-corrected chi connectivity index (χ2v) is 8.91. The highest BCUT2D eigenvalue weighted by atomic mass is 16.3. The first-order chi connectivity index (χ1) is 10.7. The second-order valence-electron chi connectivity index (χ2n) is 8.91. The zero-order valence-corrected chi connectivity index (χ0v) is 14.4. The summed E-state index contributed by atoms with van der Waals surface area (Å²) in [4.78, 5) is 12.6. The van der Waals surface area contributed by atoms with Crippen molar-refractivity contribution < 1.29 is 15.0 Å². The van der Waals surface area contributed by atoms with Crippen LogP contribution in [0, 0.1) is 35.0 Å². The third kappa shape index (κ3) is 1.87. The number of aliphatic hydroxyl groups is 2. The maximum absolute atomic E-state index is 12.6. The zero-order valence-electron chi connectivity index (χ0n) is 14.4. The molecule has 0 spiro atoms. The summed E-state index contributed by atoms with van der Waals surface area (Å²) < 4.78 is 0. The molecule has 0 unspecified atom stereocenters. The molecule has 8 atom stereocenters. The van der Waals surface area contributed by atoms with Crippen LogP contribution in [-0.4, -0.2) is 27.7 Å². The molecule has 3 nitrogen and oxygen atoms in total. The van der Waals surface area contributed by atoms with Crippen molar-refractivity contribution >= 4 is 5.78 Å². The molecule has 3 fully saturated rings. The molecule has 23 heavy (non-hydrogen) atoms. The third-order valence-corrected chi connectivity index (χ3v) is 7.75. The fraction of sp³-hybridized carbons (Fsp3) is 0.750. The molecule has 4 rings (SSSR count). The average molecular weight is 316 g/mol. The highest BCUT2D eigenvalue weighted by molar-refractivity contribution is 6.00. The number of ketones is 1. The Balaban J connectivity index is 1.72. The van der Waals surface area contributed by atoms with Gasteiger partial charge in [-0.15, -0.1) is 0 Å². The summed E-state index contributed by atoms with van der Waals surface area (Å²) in [6.07, 6.45) is 4.93. The van der Waals surface area contributed by atoms with Gasteiger partial charge >= 0.3 is 0 Å². The molecule has 4 aliphatic rings. The van der Waals surface area contributed by atoms with Crippen LogP contribution < -0.4 is 0 Å². The number of hydrogen-bond donors (Lipinski definition) is 2. The lowest BCUT2D eigenvalue weighted by molar-refractivity contribution is -0.123. The fourth-order valence-electron chi connectivity index (χ4n) is 6.56. The molecule has 0 bridgehead atoms. The largest absolute Gasteiger partial charge is 0.390 e. The van der Waals surface area contributed by atoms with Crippen molar-refractivity contribution in [3.63, 3.8) is 0 Å². The first-order valence-corrected chi connectivity index (χ1v) is 9.00. The monoisotopic (exact) mass is 316 g/mol. The first-order valence-electron chi connectivity index (χ1n) is 9.00. The normalized spacial score (nSPS) is 55.3. The van der Waals surface area contributed by atoms with Crippen molar-refractivity contribution in [3.05, 3.63) is 23.8 Å². The summed E-state index contributed by atoms with van der Waals surface area (Å²) in [5, 5.41) is 21.5. The van der Waals surface area contributed by atoms with Gasteiger partial charge in [-0.25, -0.2) is 0 Å². The molecule has 0 aromatic heterocycles. The van der Waals surface area contributed by atoms with Gasteiger partial charge in [0.25, 0.3) is 0 Å². The van der Waals surface area contributed by atoms with E-state index < -0.39 is 11.7 Å². The lowest BCUT2D eigenvalue weighted by Gasteiger charge is -2.34. The number of Topliss-reactive ketones (excluding diaryl/α,β-unsaturated/α-hetero) is 1. The molecule has 0 aromatic rings. The number of allylic oxidation sites excluding steroid dienone is 2. The molecule has 0 amide bonds. The Hall–Kier alpha value is -0.930. The summed E-state index contributed by atoms with van der Waals surface area (Å²) in [6, 6.07) is 0. The van der Waals surface area contributed by atoms with E-state index in [1.807, 2.05) is 13.8 Å². The Morgan fingerprint density at radius 2 is 1.96 bits per heavy atom. The molecule has 3 heteroatoms. The molecule has 0 saturated heterocycles. The van der Waals surface area contributed by atoms with Crippen LogP contribution in [0.3, 0.4) is 0 Å². The average Bonchev–Trinajstić information content (AvgIpc) is 2.82. The van der Waals surface area contributed by atoms with Gasteiger partial charge in [-0.1, -0.05) is 19.1 Å². The molecule has 126 valence electrons. The molecule has 4 aliphatic carbocycles. The van der Waals surface area contributed by atoms with E-state index in [2.05, 4.69) is 13.5 Å². The highest BCUT2D eigenvalue weighted by Gasteiger charge is 2.73. The van der Waals surface area contributed by atoms with E-state index >= 15 is 0 Å². The number of fused-ring (bicyclic) bond motifs is 3. The van der Waals surface area contributed by atoms with Crippen LogP contribution >= 0.6 is 0 Å². The second kappa shape index (κ2) is 4.58. The van der Waals surface area contributed by atoms with Crippen molar-refractivity contribution in [2.24, 2.45) is 35.0 Å². The summed E-state index contributed by atoms with van der Waals surface area (Å²) in [5.41, 5.74) is 1.13. The van der Waals surface area contributed by atoms with Gasteiger partial charge in [0.2, 0.25) is 0 Å². The van der Waals surface area contributed by atoms with Crippen LogP contribution in [0.15, 0.2) is 23.8 Å². The minimum absolute atomic E-state index is 0.112. The van der Waals surface area contributed by atoms with Crippen molar-refractivity contribution in [1.29, 1.82) is 0 Å². The predicted molar refractivity (Wildman–Crippen MR) is 88.6 cm³/mol. The Labute approximate surface area is 138 Å². The first kappa shape index (κ1) is 15.6. The van der Waals surface area contributed by atoms with E-state index in [-0.39, 0.29) is 23.0 Å². The van der Waals surface area contributed by atoms with Crippen molar-refractivity contribution in [3.8, 4) is 0 Å². The smallest absolute Gasteiger partial charge is 0.164 e. The molecule has 0 aliphatic heterocycles. The Morgan fingerprint density at radius 3 is 2.57 bits per heavy atom. The van der Waals surface area contributed by atoms with E-state index in [9.17, 15) is 15.0 Å². The van der Waals surface area contributed by atoms with Gasteiger partial charge in [-0.2, -0.15) is 0 Å². The Bertz CT molecular complexity index is 616. The molecule has 2 N–H and O–H groups in total. The fourth-order valence-corrected chi connectivity index (χ4v) is 6.56. The van der Waals surface area contributed by atoms with Gasteiger partial charge in [-0.3, -0.25) is 4.79 Å². The minimum atomic E-state index is -0.673. The van der Waals surface area contributed by atoms with E-state index in [1.165, 1.54) is 5.57 Å². The van der Waals surface area contributed by atoms with Crippen LogP contribution in [-0.2, 0) is 4.79 Å². The van der Waals surface area contributed by atoms with Gasteiger partial charge in [0.05, 0.1) is 17.6 Å². The maximum atomic E-state index is 12.6. The zero-order chi connectivity index (χ0) is 16.7. The van der Waals surface area contributed by atoms with Crippen molar-refractivity contribution in [1.82, 2.24) is 0 Å². The molecular formula is C20H28O3. The van der Waals surface area contributed by atoms with Crippen LogP contribution in [0.1, 0.15) is 46.5 Å².